The first-order valence-corrected chi connectivity index (χ1v) is 4.97. The van der Waals surface area contributed by atoms with Crippen molar-refractivity contribution in [3.63, 3.8) is 0 Å². The quantitative estimate of drug-likeness (QED) is 0.513. The number of aryl methyl sites for hydroxylation is 1. The minimum atomic E-state index is -4.47. The van der Waals surface area contributed by atoms with Gasteiger partial charge in [0, 0.05) is 6.20 Å². The summed E-state index contributed by atoms with van der Waals surface area (Å²) in [7, 11) is -4.47. The highest BCUT2D eigenvalue weighted by atomic mass is 32.3. The second kappa shape index (κ2) is 3.65. The second-order valence-corrected chi connectivity index (χ2v) is 3.85. The lowest BCUT2D eigenvalue weighted by molar-refractivity contribution is 0.111. The number of nitrogens with zero attached hydrogens (tertiary/aromatic N) is 2. The van der Waals surface area contributed by atoms with E-state index in [4.69, 9.17) is 0 Å². The lowest BCUT2D eigenvalue weighted by Gasteiger charge is -1.96. The molecule has 1 heterocycles. The van der Waals surface area contributed by atoms with E-state index in [0.29, 0.717) is 6.29 Å². The van der Waals surface area contributed by atoms with Gasteiger partial charge in [0.2, 0.25) is 0 Å². The van der Waals surface area contributed by atoms with Crippen molar-refractivity contribution in [3.8, 4) is 0 Å². The van der Waals surface area contributed by atoms with Gasteiger partial charge in [0.25, 0.3) is 0 Å². The molecule has 5 nitrogen and oxygen atoms in total. The van der Waals surface area contributed by atoms with Gasteiger partial charge in [-0.3, -0.25) is 9.48 Å². The van der Waals surface area contributed by atoms with E-state index >= 15 is 0 Å². The summed E-state index contributed by atoms with van der Waals surface area (Å²) in [6.45, 7) is -0.0906. The largest absolute Gasteiger partial charge is 0.304 e. The summed E-state index contributed by atoms with van der Waals surface area (Å²) in [6.07, 6.45) is 1.94. The molecular formula is C6H7FN2O3S. The highest BCUT2D eigenvalue weighted by molar-refractivity contribution is 7.86. The highest BCUT2D eigenvalue weighted by Crippen LogP contribution is 1.95. The van der Waals surface area contributed by atoms with E-state index in [1.54, 1.807) is 0 Å². The van der Waals surface area contributed by atoms with Gasteiger partial charge in [-0.2, -0.15) is 13.5 Å². The van der Waals surface area contributed by atoms with E-state index in [1.165, 1.54) is 16.9 Å². The standard InChI is InChI=1S/C6H7FN2O3S/c7-13(11,12)4-3-9-2-1-6(5-10)8-9/h1-2,5H,3-4H2. The van der Waals surface area contributed by atoms with Crippen molar-refractivity contribution in [1.82, 2.24) is 9.78 Å². The fourth-order valence-corrected chi connectivity index (χ4v) is 1.17. The summed E-state index contributed by atoms with van der Waals surface area (Å²) >= 11 is 0. The number of aldehydes is 1. The van der Waals surface area contributed by atoms with Crippen molar-refractivity contribution in [2.45, 2.75) is 6.54 Å². The zero-order valence-corrected chi connectivity index (χ0v) is 7.37. The Hall–Kier alpha value is -1.24. The van der Waals surface area contributed by atoms with Crippen LogP contribution in [0.5, 0.6) is 0 Å². The van der Waals surface area contributed by atoms with Crippen molar-refractivity contribution in [1.29, 1.82) is 0 Å². The maximum absolute atomic E-state index is 12.0. The highest BCUT2D eigenvalue weighted by Gasteiger charge is 2.07. The van der Waals surface area contributed by atoms with E-state index in [9.17, 15) is 17.1 Å². The molecule has 0 spiro atoms. The number of carbonyl (C=O) groups is 1. The summed E-state index contributed by atoms with van der Waals surface area (Å²) in [5, 5.41) is 3.65. The maximum Gasteiger partial charge on any atom is 0.304 e. The number of hydrogen-bond donors (Lipinski definition) is 0. The van der Waals surface area contributed by atoms with E-state index < -0.39 is 16.0 Å². The average molecular weight is 206 g/mol. The first-order chi connectivity index (χ1) is 6.01. The van der Waals surface area contributed by atoms with Crippen LogP contribution in [0.2, 0.25) is 0 Å². The lowest BCUT2D eigenvalue weighted by Crippen LogP contribution is -2.09. The Kier molecular flexibility index (Phi) is 2.76. The van der Waals surface area contributed by atoms with Crippen LogP contribution in [0.4, 0.5) is 3.89 Å². The minimum Gasteiger partial charge on any atom is -0.296 e. The number of aromatic nitrogens is 2. The Morgan fingerprint density at radius 2 is 2.31 bits per heavy atom. The van der Waals surface area contributed by atoms with Crippen LogP contribution < -0.4 is 0 Å². The van der Waals surface area contributed by atoms with Crippen LogP contribution in [-0.4, -0.2) is 30.2 Å². The smallest absolute Gasteiger partial charge is 0.296 e. The molecule has 0 aliphatic heterocycles. The zero-order chi connectivity index (χ0) is 9.90. The predicted molar refractivity (Wildman–Crippen MR) is 42.5 cm³/mol. The fourth-order valence-electron chi connectivity index (χ4n) is 0.767. The van der Waals surface area contributed by atoms with Gasteiger partial charge in [-0.25, -0.2) is 0 Å². The number of carbonyl (C=O) groups excluding carboxylic acids is 1. The average Bonchev–Trinajstić information content (AvgIpc) is 2.47. The van der Waals surface area contributed by atoms with Gasteiger partial charge in [0.15, 0.2) is 6.29 Å². The van der Waals surface area contributed by atoms with E-state index in [1.807, 2.05) is 0 Å². The molecule has 0 aliphatic rings. The van der Waals surface area contributed by atoms with Gasteiger partial charge in [0.05, 0.1) is 12.3 Å². The summed E-state index contributed by atoms with van der Waals surface area (Å²) in [5.74, 6) is -0.632. The summed E-state index contributed by atoms with van der Waals surface area (Å²) in [6, 6.07) is 1.41. The molecule has 0 aliphatic carbocycles. The van der Waals surface area contributed by atoms with Crippen molar-refractivity contribution < 1.29 is 17.1 Å². The molecule has 7 heteroatoms. The van der Waals surface area contributed by atoms with Gasteiger partial charge in [-0.15, -0.1) is 3.89 Å². The van der Waals surface area contributed by atoms with E-state index in [2.05, 4.69) is 5.10 Å². The third-order valence-corrected chi connectivity index (χ3v) is 2.02. The third-order valence-electron chi connectivity index (χ3n) is 1.35. The summed E-state index contributed by atoms with van der Waals surface area (Å²) < 4.78 is 33.4. The van der Waals surface area contributed by atoms with Gasteiger partial charge in [0.1, 0.15) is 5.69 Å². The normalized spacial score (nSPS) is 11.5. The molecule has 0 amide bonds. The van der Waals surface area contributed by atoms with Crippen LogP contribution in [0, 0.1) is 0 Å². The number of rotatable bonds is 4. The molecule has 13 heavy (non-hydrogen) atoms. The molecule has 0 radical (unpaired) electrons. The Labute approximate surface area is 74.4 Å². The van der Waals surface area contributed by atoms with Gasteiger partial charge < -0.3 is 0 Å². The molecule has 72 valence electrons. The third kappa shape index (κ3) is 3.32. The zero-order valence-electron chi connectivity index (χ0n) is 6.55. The molecule has 0 aromatic carbocycles. The molecule has 0 saturated heterocycles. The predicted octanol–water partition coefficient (Wildman–Crippen LogP) is -0.00510. The number of halogens is 1. The van der Waals surface area contributed by atoms with Crippen LogP contribution >= 0.6 is 0 Å². The Bertz CT molecular complexity index is 398. The van der Waals surface area contributed by atoms with Crippen LogP contribution in [-0.2, 0) is 16.8 Å². The van der Waals surface area contributed by atoms with Crippen LogP contribution in [0.25, 0.3) is 0 Å². The molecule has 0 unspecified atom stereocenters. The molecule has 1 aromatic heterocycles. The maximum atomic E-state index is 12.0. The van der Waals surface area contributed by atoms with Crippen LogP contribution in [0.15, 0.2) is 12.3 Å². The van der Waals surface area contributed by atoms with Crippen molar-refractivity contribution in [2.75, 3.05) is 5.75 Å². The molecule has 0 saturated carbocycles. The molecule has 0 fully saturated rings. The van der Waals surface area contributed by atoms with Gasteiger partial charge >= 0.3 is 10.2 Å². The van der Waals surface area contributed by atoms with Crippen LogP contribution in [0.1, 0.15) is 10.5 Å². The molecule has 1 aromatic rings. The van der Waals surface area contributed by atoms with Crippen molar-refractivity contribution in [3.05, 3.63) is 18.0 Å². The second-order valence-electron chi connectivity index (χ2n) is 2.36. The van der Waals surface area contributed by atoms with Crippen molar-refractivity contribution >= 4 is 16.5 Å². The van der Waals surface area contributed by atoms with Crippen LogP contribution in [0.3, 0.4) is 0 Å². The first-order valence-electron chi connectivity index (χ1n) is 3.42. The van der Waals surface area contributed by atoms with Crippen molar-refractivity contribution in [2.24, 2.45) is 0 Å². The monoisotopic (exact) mass is 206 g/mol. The first kappa shape index (κ1) is 9.85. The molecule has 0 atom stereocenters. The van der Waals surface area contributed by atoms with Gasteiger partial charge in [-0.05, 0) is 6.07 Å². The number of hydrogen-bond acceptors (Lipinski definition) is 4. The molecule has 0 N–H and O–H groups in total. The summed E-state index contributed by atoms with van der Waals surface area (Å²) in [4.78, 5) is 10.2. The Balaban J connectivity index is 2.60. The Morgan fingerprint density at radius 3 is 2.77 bits per heavy atom. The lowest BCUT2D eigenvalue weighted by atomic mass is 10.5. The molecular weight excluding hydrogens is 199 g/mol. The van der Waals surface area contributed by atoms with Gasteiger partial charge in [-0.1, -0.05) is 0 Å². The minimum absolute atomic E-state index is 0.0906. The molecule has 0 bridgehead atoms. The van der Waals surface area contributed by atoms with E-state index in [-0.39, 0.29) is 12.2 Å². The molecule has 1 rings (SSSR count). The summed E-state index contributed by atoms with van der Waals surface area (Å²) in [5.41, 5.74) is 0.191. The van der Waals surface area contributed by atoms with E-state index in [0.717, 1.165) is 0 Å². The Morgan fingerprint density at radius 1 is 1.62 bits per heavy atom. The SMILES string of the molecule is O=Cc1ccn(CCS(=O)(=O)F)n1. The topological polar surface area (TPSA) is 69.0 Å². The fraction of sp³-hybridized carbons (Fsp3) is 0.333.